The molecule has 2 rings (SSSR count). The standard InChI is InChI=1S/C14H9Cl2F2N3O/c15-10-3-1-9(2-4-10)12(22-6-5-19)11-7-20-8-21-13(11)14(16,17)18/h1-4,7-8,12H,6H2. The van der Waals surface area contributed by atoms with E-state index in [4.69, 9.17) is 33.2 Å². The van der Waals surface area contributed by atoms with E-state index in [1.807, 2.05) is 0 Å². The fourth-order valence-corrected chi connectivity index (χ4v) is 2.18. The maximum Gasteiger partial charge on any atom is 0.365 e. The minimum absolute atomic E-state index is 0.0138. The summed E-state index contributed by atoms with van der Waals surface area (Å²) < 4.78 is 32.4. The number of alkyl halides is 3. The van der Waals surface area contributed by atoms with Gasteiger partial charge in [0.2, 0.25) is 0 Å². The minimum Gasteiger partial charge on any atom is -0.354 e. The molecule has 0 saturated heterocycles. The molecule has 0 fully saturated rings. The average Bonchev–Trinajstić information content (AvgIpc) is 2.49. The van der Waals surface area contributed by atoms with E-state index < -0.39 is 17.2 Å². The molecule has 1 aromatic carbocycles. The van der Waals surface area contributed by atoms with Gasteiger partial charge in [-0.05, 0) is 29.3 Å². The van der Waals surface area contributed by atoms with Crippen molar-refractivity contribution in [1.82, 2.24) is 9.97 Å². The second-order valence-electron chi connectivity index (χ2n) is 4.23. The molecular formula is C14H9Cl2F2N3O. The summed E-state index contributed by atoms with van der Waals surface area (Å²) in [7, 11) is 0. The molecule has 1 unspecified atom stereocenters. The summed E-state index contributed by atoms with van der Waals surface area (Å²) in [4.78, 5) is 7.28. The Kier molecular flexibility index (Phi) is 5.24. The molecule has 0 spiro atoms. The normalized spacial score (nSPS) is 12.7. The van der Waals surface area contributed by atoms with Gasteiger partial charge in [0.15, 0.2) is 0 Å². The number of aromatic nitrogens is 2. The molecule has 22 heavy (non-hydrogen) atoms. The smallest absolute Gasteiger partial charge is 0.354 e. The second kappa shape index (κ2) is 6.97. The van der Waals surface area contributed by atoms with Crippen molar-refractivity contribution in [2.24, 2.45) is 0 Å². The molecule has 0 aliphatic heterocycles. The highest BCUT2D eigenvalue weighted by molar-refractivity contribution is 6.30. The fraction of sp³-hybridized carbons (Fsp3) is 0.214. The van der Waals surface area contributed by atoms with Crippen LogP contribution in [0.25, 0.3) is 0 Å². The third kappa shape index (κ3) is 3.89. The van der Waals surface area contributed by atoms with E-state index in [1.165, 1.54) is 6.20 Å². The summed E-state index contributed by atoms with van der Waals surface area (Å²) in [6.45, 7) is -0.296. The van der Waals surface area contributed by atoms with E-state index in [1.54, 1.807) is 30.3 Å². The van der Waals surface area contributed by atoms with Crippen molar-refractivity contribution < 1.29 is 13.5 Å². The first-order valence-electron chi connectivity index (χ1n) is 6.04. The Balaban J connectivity index is 2.51. The number of hydrogen-bond donors (Lipinski definition) is 0. The summed E-state index contributed by atoms with van der Waals surface area (Å²) in [5, 5.41) is 5.48. The molecule has 0 N–H and O–H groups in total. The fourth-order valence-electron chi connectivity index (χ4n) is 1.89. The van der Waals surface area contributed by atoms with Crippen LogP contribution in [-0.2, 0) is 10.1 Å². The first-order valence-corrected chi connectivity index (χ1v) is 6.80. The van der Waals surface area contributed by atoms with Gasteiger partial charge in [-0.3, -0.25) is 0 Å². The van der Waals surface area contributed by atoms with Crippen LogP contribution in [0.4, 0.5) is 8.78 Å². The molecule has 0 amide bonds. The van der Waals surface area contributed by atoms with Crippen LogP contribution in [-0.4, -0.2) is 16.6 Å². The minimum atomic E-state index is -3.68. The molecule has 0 radical (unpaired) electrons. The van der Waals surface area contributed by atoms with Crippen molar-refractivity contribution in [1.29, 1.82) is 5.26 Å². The van der Waals surface area contributed by atoms with Gasteiger partial charge in [0, 0.05) is 16.8 Å². The first kappa shape index (κ1) is 16.6. The first-order chi connectivity index (χ1) is 10.4. The Morgan fingerprint density at radius 3 is 2.59 bits per heavy atom. The number of nitrogens with zero attached hydrogens (tertiary/aromatic N) is 3. The van der Waals surface area contributed by atoms with Gasteiger partial charge < -0.3 is 4.74 Å². The van der Waals surface area contributed by atoms with Crippen LogP contribution in [0.1, 0.15) is 22.9 Å². The van der Waals surface area contributed by atoms with Crippen LogP contribution >= 0.6 is 23.2 Å². The molecule has 1 heterocycles. The number of nitriles is 1. The molecule has 4 nitrogen and oxygen atoms in total. The third-order valence-electron chi connectivity index (χ3n) is 2.78. The average molecular weight is 344 g/mol. The van der Waals surface area contributed by atoms with Crippen molar-refractivity contribution in [2.75, 3.05) is 6.61 Å². The van der Waals surface area contributed by atoms with Crippen molar-refractivity contribution >= 4 is 23.2 Å². The van der Waals surface area contributed by atoms with Crippen LogP contribution < -0.4 is 0 Å². The van der Waals surface area contributed by atoms with Gasteiger partial charge in [-0.1, -0.05) is 23.7 Å². The van der Waals surface area contributed by atoms with Crippen LogP contribution in [0.5, 0.6) is 0 Å². The van der Waals surface area contributed by atoms with E-state index in [0.717, 1.165) is 6.33 Å². The zero-order chi connectivity index (χ0) is 16.2. The summed E-state index contributed by atoms with van der Waals surface area (Å²) in [6, 6.07) is 8.18. The molecule has 0 aliphatic carbocycles. The summed E-state index contributed by atoms with van der Waals surface area (Å²) in [5.74, 6) is 0. The third-order valence-corrected chi connectivity index (χ3v) is 3.21. The van der Waals surface area contributed by atoms with Gasteiger partial charge in [-0.15, -0.1) is 0 Å². The Bertz CT molecular complexity index is 684. The summed E-state index contributed by atoms with van der Waals surface area (Å²) >= 11 is 10.9. The van der Waals surface area contributed by atoms with E-state index in [0.29, 0.717) is 10.6 Å². The number of benzene rings is 1. The highest BCUT2D eigenvalue weighted by Gasteiger charge is 2.35. The van der Waals surface area contributed by atoms with Crippen LogP contribution in [0.3, 0.4) is 0 Å². The largest absolute Gasteiger partial charge is 0.365 e. The zero-order valence-corrected chi connectivity index (χ0v) is 12.5. The van der Waals surface area contributed by atoms with Gasteiger partial charge in [0.1, 0.15) is 24.7 Å². The lowest BCUT2D eigenvalue weighted by atomic mass is 10.0. The summed E-state index contributed by atoms with van der Waals surface area (Å²) in [6.07, 6.45) is 1.20. The topological polar surface area (TPSA) is 58.8 Å². The van der Waals surface area contributed by atoms with Crippen LogP contribution in [0.15, 0.2) is 36.8 Å². The van der Waals surface area contributed by atoms with E-state index in [-0.39, 0.29) is 12.2 Å². The molecule has 1 aromatic heterocycles. The van der Waals surface area contributed by atoms with Gasteiger partial charge in [0.25, 0.3) is 0 Å². The Morgan fingerprint density at radius 1 is 1.32 bits per heavy atom. The maximum absolute atomic E-state index is 13.5. The molecule has 2 aromatic rings. The number of rotatable bonds is 5. The molecule has 0 saturated carbocycles. The number of hydrogen-bond acceptors (Lipinski definition) is 4. The molecule has 1 atom stereocenters. The van der Waals surface area contributed by atoms with Gasteiger partial charge in [-0.25, -0.2) is 9.97 Å². The lowest BCUT2D eigenvalue weighted by Crippen LogP contribution is -2.17. The lowest BCUT2D eigenvalue weighted by Gasteiger charge is -2.20. The van der Waals surface area contributed by atoms with E-state index in [9.17, 15) is 8.78 Å². The summed E-state index contributed by atoms with van der Waals surface area (Å²) in [5.41, 5.74) is -0.154. The van der Waals surface area contributed by atoms with Crippen molar-refractivity contribution in [2.45, 2.75) is 11.5 Å². The maximum atomic E-state index is 13.5. The molecule has 0 bridgehead atoms. The second-order valence-corrected chi connectivity index (χ2v) is 5.14. The Labute approximate surface area is 135 Å². The lowest BCUT2D eigenvalue weighted by molar-refractivity contribution is 0.0739. The van der Waals surface area contributed by atoms with E-state index in [2.05, 4.69) is 9.97 Å². The van der Waals surface area contributed by atoms with Crippen LogP contribution in [0, 0.1) is 11.3 Å². The van der Waals surface area contributed by atoms with Crippen molar-refractivity contribution in [3.8, 4) is 6.07 Å². The highest BCUT2D eigenvalue weighted by Crippen LogP contribution is 2.38. The van der Waals surface area contributed by atoms with E-state index >= 15 is 0 Å². The van der Waals surface area contributed by atoms with Gasteiger partial charge >= 0.3 is 5.38 Å². The van der Waals surface area contributed by atoms with Crippen molar-refractivity contribution in [3.05, 3.63) is 58.6 Å². The Hall–Kier alpha value is -1.81. The molecule has 0 aliphatic rings. The van der Waals surface area contributed by atoms with Crippen LogP contribution in [0.2, 0.25) is 5.02 Å². The zero-order valence-electron chi connectivity index (χ0n) is 11.0. The number of halogens is 4. The molecule has 8 heteroatoms. The quantitative estimate of drug-likeness (QED) is 0.768. The highest BCUT2D eigenvalue weighted by atomic mass is 35.5. The Morgan fingerprint density at radius 2 is 2.00 bits per heavy atom. The van der Waals surface area contributed by atoms with Gasteiger partial charge in [-0.2, -0.15) is 14.0 Å². The molecular weight excluding hydrogens is 335 g/mol. The predicted molar refractivity (Wildman–Crippen MR) is 76.6 cm³/mol. The van der Waals surface area contributed by atoms with Crippen molar-refractivity contribution in [3.63, 3.8) is 0 Å². The SMILES string of the molecule is N#CCOC(c1ccc(Cl)cc1)c1cncnc1C(F)(F)Cl. The predicted octanol–water partition coefficient (Wildman–Crippen LogP) is 4.05. The number of ether oxygens (including phenoxy) is 1. The monoisotopic (exact) mass is 343 g/mol. The van der Waals surface area contributed by atoms with Gasteiger partial charge in [0.05, 0.1) is 6.07 Å². The molecule has 114 valence electrons.